The van der Waals surface area contributed by atoms with Gasteiger partial charge >= 0.3 is 0 Å². The highest BCUT2D eigenvalue weighted by molar-refractivity contribution is 6.03. The smallest absolute Gasteiger partial charge is 0.233 e. The molecule has 148 valence electrons. The molecule has 1 aliphatic heterocycles. The van der Waals surface area contributed by atoms with Crippen molar-refractivity contribution < 1.29 is 9.53 Å². The molecular weight excluding hydrogens is 360 g/mol. The molecule has 1 fully saturated rings. The molecule has 0 aromatic heterocycles. The Balaban J connectivity index is 1.53. The number of ether oxygens (including phenoxy) is 1. The van der Waals surface area contributed by atoms with Crippen molar-refractivity contribution in [3.8, 4) is 5.75 Å². The van der Waals surface area contributed by atoms with Gasteiger partial charge in [0.1, 0.15) is 5.75 Å². The minimum absolute atomic E-state index is 0.00978. The number of nitrogen functional groups attached to an aromatic ring is 1. The summed E-state index contributed by atoms with van der Waals surface area (Å²) in [6, 6.07) is 26.0. The van der Waals surface area contributed by atoms with E-state index in [-0.39, 0.29) is 17.9 Å². The van der Waals surface area contributed by atoms with Crippen LogP contribution in [0.25, 0.3) is 0 Å². The van der Waals surface area contributed by atoms with Crippen LogP contribution in [0.4, 0.5) is 11.4 Å². The molecule has 2 N–H and O–H groups in total. The van der Waals surface area contributed by atoms with Crippen molar-refractivity contribution in [3.63, 3.8) is 0 Å². The van der Waals surface area contributed by atoms with Gasteiger partial charge in [0.2, 0.25) is 5.91 Å². The third kappa shape index (κ3) is 3.97. The first-order chi connectivity index (χ1) is 14.2. The number of nitrogens with zero attached hydrogens (tertiary/aromatic N) is 1. The first-order valence-corrected chi connectivity index (χ1v) is 10.0. The molecule has 3 aromatic carbocycles. The van der Waals surface area contributed by atoms with Gasteiger partial charge < -0.3 is 15.4 Å². The molecule has 1 amide bonds. The highest BCUT2D eigenvalue weighted by Crippen LogP contribution is 2.46. The van der Waals surface area contributed by atoms with Gasteiger partial charge in [-0.2, -0.15) is 0 Å². The number of hydrogen-bond donors (Lipinski definition) is 1. The molecule has 1 aliphatic rings. The van der Waals surface area contributed by atoms with Crippen LogP contribution in [-0.2, 0) is 11.2 Å². The Kier molecular flexibility index (Phi) is 5.52. The van der Waals surface area contributed by atoms with Crippen molar-refractivity contribution >= 4 is 17.3 Å². The summed E-state index contributed by atoms with van der Waals surface area (Å²) in [6.07, 6.45) is 2.85. The number of aryl methyl sites for hydroxylation is 1. The van der Waals surface area contributed by atoms with Gasteiger partial charge in [0.15, 0.2) is 0 Å². The van der Waals surface area contributed by atoms with E-state index in [0.717, 1.165) is 42.0 Å². The van der Waals surface area contributed by atoms with Crippen LogP contribution in [-0.4, -0.2) is 13.0 Å². The summed E-state index contributed by atoms with van der Waals surface area (Å²) in [7, 11) is 1.64. The van der Waals surface area contributed by atoms with Gasteiger partial charge in [-0.3, -0.25) is 4.79 Å². The molecule has 0 bridgehead atoms. The Bertz CT molecular complexity index is 952. The fourth-order valence-electron chi connectivity index (χ4n) is 4.11. The van der Waals surface area contributed by atoms with Gasteiger partial charge in [0.25, 0.3) is 0 Å². The molecule has 3 aromatic rings. The Hall–Kier alpha value is -3.27. The fraction of sp³-hybridized carbons (Fsp3) is 0.240. The Morgan fingerprint density at radius 2 is 1.62 bits per heavy atom. The highest BCUT2D eigenvalue weighted by atomic mass is 16.5. The number of benzene rings is 3. The lowest BCUT2D eigenvalue weighted by atomic mass is 9.78. The van der Waals surface area contributed by atoms with Crippen molar-refractivity contribution in [3.05, 3.63) is 90.0 Å². The zero-order valence-electron chi connectivity index (χ0n) is 16.6. The molecule has 29 heavy (non-hydrogen) atoms. The number of methoxy groups -OCH3 is 1. The van der Waals surface area contributed by atoms with E-state index in [9.17, 15) is 4.79 Å². The van der Waals surface area contributed by atoms with E-state index in [1.807, 2.05) is 59.5 Å². The van der Waals surface area contributed by atoms with E-state index in [1.54, 1.807) is 7.11 Å². The van der Waals surface area contributed by atoms with Gasteiger partial charge in [-0.1, -0.05) is 42.5 Å². The summed E-state index contributed by atoms with van der Waals surface area (Å²) >= 11 is 0. The zero-order chi connectivity index (χ0) is 20.2. The van der Waals surface area contributed by atoms with Crippen molar-refractivity contribution in [1.29, 1.82) is 0 Å². The fourth-order valence-corrected chi connectivity index (χ4v) is 4.11. The summed E-state index contributed by atoms with van der Waals surface area (Å²) in [5, 5.41) is 0. The number of carbonyl (C=O) groups excluding carboxylic acids is 1. The molecule has 4 nitrogen and oxygen atoms in total. The summed E-state index contributed by atoms with van der Waals surface area (Å²) in [6.45, 7) is 0. The molecule has 0 spiro atoms. The molecule has 2 atom stereocenters. The average Bonchev–Trinajstić information content (AvgIpc) is 2.77. The SMILES string of the molecule is COc1ccc(N2C(=O)[C@H](CCCc3ccccc3)[C@H]2c2ccc(N)cc2)cc1. The maximum Gasteiger partial charge on any atom is 0.233 e. The van der Waals surface area contributed by atoms with Crippen LogP contribution in [0, 0.1) is 5.92 Å². The molecule has 4 heteroatoms. The molecule has 4 rings (SSSR count). The van der Waals surface area contributed by atoms with Crippen LogP contribution >= 0.6 is 0 Å². The second-order valence-corrected chi connectivity index (χ2v) is 7.50. The van der Waals surface area contributed by atoms with Crippen LogP contribution in [0.3, 0.4) is 0 Å². The zero-order valence-corrected chi connectivity index (χ0v) is 16.6. The standard InChI is InChI=1S/C25H26N2O2/c1-29-22-16-14-21(15-17-22)27-24(19-10-12-20(26)13-11-19)23(25(27)28)9-5-8-18-6-3-2-4-7-18/h2-4,6-7,10-17,23-24H,5,8-9,26H2,1H3/t23-,24-/m1/s1. The van der Waals surface area contributed by atoms with Crippen molar-refractivity contribution in [1.82, 2.24) is 0 Å². The van der Waals surface area contributed by atoms with E-state index >= 15 is 0 Å². The second kappa shape index (κ2) is 8.39. The van der Waals surface area contributed by atoms with E-state index in [0.29, 0.717) is 0 Å². The maximum atomic E-state index is 13.1. The molecule has 1 heterocycles. The van der Waals surface area contributed by atoms with Gasteiger partial charge in [0.05, 0.1) is 19.1 Å². The lowest BCUT2D eigenvalue weighted by molar-refractivity contribution is -0.130. The van der Waals surface area contributed by atoms with Gasteiger partial charge in [0, 0.05) is 11.4 Å². The molecule has 0 saturated carbocycles. The number of β-lactam (4-membered cyclic amide) rings is 1. The molecule has 0 unspecified atom stereocenters. The third-order valence-electron chi connectivity index (χ3n) is 5.67. The number of rotatable bonds is 7. The van der Waals surface area contributed by atoms with Gasteiger partial charge in [-0.15, -0.1) is 0 Å². The second-order valence-electron chi connectivity index (χ2n) is 7.50. The summed E-state index contributed by atoms with van der Waals surface area (Å²) < 4.78 is 5.25. The van der Waals surface area contributed by atoms with Crippen LogP contribution in [0.5, 0.6) is 5.75 Å². The number of anilines is 2. The lowest BCUT2D eigenvalue weighted by Gasteiger charge is -2.47. The monoisotopic (exact) mass is 386 g/mol. The maximum absolute atomic E-state index is 13.1. The lowest BCUT2D eigenvalue weighted by Crippen LogP contribution is -2.55. The molecule has 0 radical (unpaired) electrons. The van der Waals surface area contributed by atoms with Gasteiger partial charge in [-0.05, 0) is 66.8 Å². The number of amides is 1. The van der Waals surface area contributed by atoms with Crippen LogP contribution in [0.2, 0.25) is 0 Å². The Morgan fingerprint density at radius 3 is 2.28 bits per heavy atom. The first-order valence-electron chi connectivity index (χ1n) is 10.0. The quantitative estimate of drug-likeness (QED) is 0.459. The first kappa shape index (κ1) is 19.1. The predicted molar refractivity (Wildman–Crippen MR) is 117 cm³/mol. The molecule has 0 aliphatic carbocycles. The summed E-state index contributed by atoms with van der Waals surface area (Å²) in [5.74, 6) is 0.958. The van der Waals surface area contributed by atoms with E-state index in [4.69, 9.17) is 10.5 Å². The van der Waals surface area contributed by atoms with E-state index in [1.165, 1.54) is 5.56 Å². The Labute approximate surface area is 171 Å². The minimum atomic E-state index is -0.00978. The topological polar surface area (TPSA) is 55.6 Å². The Morgan fingerprint density at radius 1 is 0.931 bits per heavy atom. The predicted octanol–water partition coefficient (Wildman–Crippen LogP) is 5.00. The average molecular weight is 386 g/mol. The highest BCUT2D eigenvalue weighted by Gasteiger charge is 2.48. The van der Waals surface area contributed by atoms with Crippen molar-refractivity contribution in [2.24, 2.45) is 5.92 Å². The number of nitrogens with two attached hydrogens (primary N) is 1. The number of carbonyl (C=O) groups is 1. The summed E-state index contributed by atoms with van der Waals surface area (Å²) in [4.78, 5) is 15.0. The molecular formula is C25H26N2O2. The van der Waals surface area contributed by atoms with Gasteiger partial charge in [-0.25, -0.2) is 0 Å². The largest absolute Gasteiger partial charge is 0.497 e. The third-order valence-corrected chi connectivity index (χ3v) is 5.67. The van der Waals surface area contributed by atoms with Crippen molar-refractivity contribution in [2.45, 2.75) is 25.3 Å². The van der Waals surface area contributed by atoms with E-state index < -0.39 is 0 Å². The van der Waals surface area contributed by atoms with Crippen LogP contribution in [0.1, 0.15) is 30.0 Å². The van der Waals surface area contributed by atoms with Crippen LogP contribution in [0.15, 0.2) is 78.9 Å². The normalized spacial score (nSPS) is 18.4. The number of hydrogen-bond acceptors (Lipinski definition) is 3. The van der Waals surface area contributed by atoms with Crippen LogP contribution < -0.4 is 15.4 Å². The van der Waals surface area contributed by atoms with Crippen molar-refractivity contribution in [2.75, 3.05) is 17.7 Å². The summed E-state index contributed by atoms with van der Waals surface area (Å²) in [5.41, 5.74) is 9.95. The minimum Gasteiger partial charge on any atom is -0.497 e. The molecule has 1 saturated heterocycles. The van der Waals surface area contributed by atoms with E-state index in [2.05, 4.69) is 24.3 Å².